The number of hydrogen-bond donors (Lipinski definition) is 1. The van der Waals surface area contributed by atoms with E-state index in [1.807, 2.05) is 6.92 Å². The first-order valence-electron chi connectivity index (χ1n) is 5.20. The van der Waals surface area contributed by atoms with Crippen LogP contribution in [0.5, 0.6) is 0 Å². The van der Waals surface area contributed by atoms with Gasteiger partial charge in [0.2, 0.25) is 0 Å². The molecule has 2 N–H and O–H groups in total. The average molecular weight is 200 g/mol. The second-order valence-corrected chi connectivity index (χ2v) is 4.03. The van der Waals surface area contributed by atoms with Gasteiger partial charge >= 0.3 is 0 Å². The molecule has 0 unspecified atom stereocenters. The number of rotatable bonds is 1. The van der Waals surface area contributed by atoms with Crippen molar-refractivity contribution in [3.63, 3.8) is 0 Å². The lowest BCUT2D eigenvalue weighted by atomic mass is 10.0. The van der Waals surface area contributed by atoms with E-state index in [1.165, 1.54) is 22.1 Å². The zero-order valence-electron chi connectivity index (χ0n) is 9.46. The summed E-state index contributed by atoms with van der Waals surface area (Å²) in [6.45, 7) is 6.81. The lowest BCUT2D eigenvalue weighted by Crippen LogP contribution is -2.01. The summed E-state index contributed by atoms with van der Waals surface area (Å²) in [5.74, 6) is 0. The summed E-state index contributed by atoms with van der Waals surface area (Å²) in [5, 5.41) is 1.19. The lowest BCUT2D eigenvalue weighted by Gasteiger charge is -2.09. The highest BCUT2D eigenvalue weighted by Gasteiger charge is 2.06. The molecule has 15 heavy (non-hydrogen) atoms. The van der Waals surface area contributed by atoms with Gasteiger partial charge in [-0.15, -0.1) is 0 Å². The van der Waals surface area contributed by atoms with Crippen molar-refractivity contribution in [2.24, 2.45) is 5.73 Å². The monoisotopic (exact) mass is 200 g/mol. The summed E-state index contributed by atoms with van der Waals surface area (Å²) >= 11 is 0. The second-order valence-electron chi connectivity index (χ2n) is 4.03. The van der Waals surface area contributed by atoms with Crippen molar-refractivity contribution in [3.8, 4) is 0 Å². The van der Waals surface area contributed by atoms with Crippen LogP contribution in [0.25, 0.3) is 10.9 Å². The molecule has 2 rings (SSSR count). The van der Waals surface area contributed by atoms with E-state index in [1.54, 1.807) is 0 Å². The summed E-state index contributed by atoms with van der Waals surface area (Å²) < 4.78 is 0. The van der Waals surface area contributed by atoms with Gasteiger partial charge in [0.05, 0.1) is 5.52 Å². The minimum Gasteiger partial charge on any atom is -0.326 e. The van der Waals surface area contributed by atoms with E-state index in [0.29, 0.717) is 6.54 Å². The van der Waals surface area contributed by atoms with E-state index < -0.39 is 0 Å². The summed E-state index contributed by atoms with van der Waals surface area (Å²) in [6, 6.07) is 6.32. The van der Waals surface area contributed by atoms with Gasteiger partial charge in [0.25, 0.3) is 0 Å². The van der Waals surface area contributed by atoms with Crippen molar-refractivity contribution >= 4 is 10.9 Å². The third kappa shape index (κ3) is 1.61. The molecule has 0 atom stereocenters. The number of aromatic nitrogens is 1. The van der Waals surface area contributed by atoms with Crippen molar-refractivity contribution in [3.05, 3.63) is 40.6 Å². The largest absolute Gasteiger partial charge is 0.326 e. The minimum absolute atomic E-state index is 0.572. The highest BCUT2D eigenvalue weighted by Crippen LogP contribution is 2.23. The number of pyridine rings is 1. The molecule has 0 bridgehead atoms. The van der Waals surface area contributed by atoms with Crippen LogP contribution in [0.3, 0.4) is 0 Å². The first-order valence-corrected chi connectivity index (χ1v) is 5.20. The number of aryl methyl sites for hydroxylation is 3. The quantitative estimate of drug-likeness (QED) is 0.768. The number of hydrogen-bond acceptors (Lipinski definition) is 2. The Morgan fingerprint density at radius 1 is 1.20 bits per heavy atom. The molecule has 1 aromatic carbocycles. The van der Waals surface area contributed by atoms with Crippen LogP contribution in [0.2, 0.25) is 0 Å². The molecule has 2 nitrogen and oxygen atoms in total. The van der Waals surface area contributed by atoms with Gasteiger partial charge in [-0.25, -0.2) is 0 Å². The molecule has 0 fully saturated rings. The van der Waals surface area contributed by atoms with E-state index in [-0.39, 0.29) is 0 Å². The van der Waals surface area contributed by atoms with Crippen LogP contribution in [-0.4, -0.2) is 4.98 Å². The summed E-state index contributed by atoms with van der Waals surface area (Å²) in [6.07, 6.45) is 0. The highest BCUT2D eigenvalue weighted by atomic mass is 14.7. The maximum atomic E-state index is 5.75. The molecule has 1 aromatic heterocycles. The molecule has 1 heterocycles. The van der Waals surface area contributed by atoms with Crippen LogP contribution in [0, 0.1) is 20.8 Å². The highest BCUT2D eigenvalue weighted by molar-refractivity contribution is 5.86. The fourth-order valence-electron chi connectivity index (χ4n) is 1.91. The molecule has 0 saturated heterocycles. The van der Waals surface area contributed by atoms with Crippen molar-refractivity contribution in [2.45, 2.75) is 27.3 Å². The predicted molar refractivity (Wildman–Crippen MR) is 63.8 cm³/mol. The van der Waals surface area contributed by atoms with Crippen LogP contribution in [0.4, 0.5) is 0 Å². The van der Waals surface area contributed by atoms with Gasteiger partial charge in [0.15, 0.2) is 0 Å². The Morgan fingerprint density at radius 3 is 2.60 bits per heavy atom. The Bertz CT molecular complexity index is 515. The Balaban J connectivity index is 2.89. The Hall–Kier alpha value is -1.41. The number of nitrogens with two attached hydrogens (primary N) is 1. The van der Waals surface area contributed by atoms with Crippen molar-refractivity contribution in [1.82, 2.24) is 4.98 Å². The smallest absolute Gasteiger partial charge is 0.0740 e. The normalized spacial score (nSPS) is 10.9. The standard InChI is InChI=1S/C13H16N2/c1-8-4-5-12-11(7-14)6-9(2)15-13(12)10(8)3/h4-6H,7,14H2,1-3H3. The van der Waals surface area contributed by atoms with E-state index in [4.69, 9.17) is 5.73 Å². The van der Waals surface area contributed by atoms with Crippen LogP contribution < -0.4 is 5.73 Å². The van der Waals surface area contributed by atoms with Gasteiger partial charge in [0.1, 0.15) is 0 Å². The van der Waals surface area contributed by atoms with Crippen molar-refractivity contribution in [2.75, 3.05) is 0 Å². The van der Waals surface area contributed by atoms with Crippen LogP contribution in [0.15, 0.2) is 18.2 Å². The van der Waals surface area contributed by atoms with E-state index >= 15 is 0 Å². The fraction of sp³-hybridized carbons (Fsp3) is 0.308. The van der Waals surface area contributed by atoms with Crippen LogP contribution >= 0.6 is 0 Å². The van der Waals surface area contributed by atoms with Crippen molar-refractivity contribution < 1.29 is 0 Å². The number of nitrogens with zero attached hydrogens (tertiary/aromatic N) is 1. The summed E-state index contributed by atoms with van der Waals surface area (Å²) in [7, 11) is 0. The second kappa shape index (κ2) is 3.63. The van der Waals surface area contributed by atoms with Gasteiger partial charge in [-0.1, -0.05) is 12.1 Å². The molecule has 0 radical (unpaired) electrons. The van der Waals surface area contributed by atoms with Crippen molar-refractivity contribution in [1.29, 1.82) is 0 Å². The zero-order valence-corrected chi connectivity index (χ0v) is 9.46. The zero-order chi connectivity index (χ0) is 11.0. The first kappa shape index (κ1) is 10.1. The van der Waals surface area contributed by atoms with E-state index in [9.17, 15) is 0 Å². The predicted octanol–water partition coefficient (Wildman–Crippen LogP) is 2.62. The minimum atomic E-state index is 0.572. The van der Waals surface area contributed by atoms with Gasteiger partial charge in [0, 0.05) is 17.6 Å². The molecule has 0 saturated carbocycles. The van der Waals surface area contributed by atoms with E-state index in [2.05, 4.69) is 37.0 Å². The lowest BCUT2D eigenvalue weighted by molar-refractivity contribution is 1.06. The van der Waals surface area contributed by atoms with Gasteiger partial charge < -0.3 is 5.73 Å². The number of benzene rings is 1. The molecule has 78 valence electrons. The molecule has 0 amide bonds. The molecule has 0 aliphatic rings. The molecule has 2 aromatic rings. The Morgan fingerprint density at radius 2 is 1.93 bits per heavy atom. The molecule has 0 aliphatic heterocycles. The number of fused-ring (bicyclic) bond motifs is 1. The van der Waals surface area contributed by atoms with Gasteiger partial charge in [-0.05, 0) is 43.5 Å². The maximum absolute atomic E-state index is 5.75. The topological polar surface area (TPSA) is 38.9 Å². The average Bonchev–Trinajstić information content (AvgIpc) is 2.23. The molecule has 0 aliphatic carbocycles. The first-order chi connectivity index (χ1) is 7.13. The maximum Gasteiger partial charge on any atom is 0.0740 e. The molecule has 0 spiro atoms. The summed E-state index contributed by atoms with van der Waals surface area (Å²) in [4.78, 5) is 4.59. The summed E-state index contributed by atoms with van der Waals surface area (Å²) in [5.41, 5.74) is 11.6. The van der Waals surface area contributed by atoms with Gasteiger partial charge in [-0.3, -0.25) is 4.98 Å². The SMILES string of the molecule is Cc1cc(CN)c2ccc(C)c(C)c2n1. The van der Waals surface area contributed by atoms with E-state index in [0.717, 1.165) is 11.2 Å². The Labute approximate surface area is 90.1 Å². The third-order valence-corrected chi connectivity index (χ3v) is 2.94. The molecular formula is C13H16N2. The fourth-order valence-corrected chi connectivity index (χ4v) is 1.91. The third-order valence-electron chi connectivity index (χ3n) is 2.94. The molecule has 2 heteroatoms. The molecular weight excluding hydrogens is 184 g/mol. The van der Waals surface area contributed by atoms with Crippen LogP contribution in [0.1, 0.15) is 22.4 Å². The van der Waals surface area contributed by atoms with Crippen LogP contribution in [-0.2, 0) is 6.54 Å². The van der Waals surface area contributed by atoms with Gasteiger partial charge in [-0.2, -0.15) is 0 Å². The Kier molecular flexibility index (Phi) is 2.45.